The van der Waals surface area contributed by atoms with Crippen LogP contribution in [0.25, 0.3) is 17.4 Å². The van der Waals surface area contributed by atoms with E-state index < -0.39 is 35.5 Å². The van der Waals surface area contributed by atoms with Gasteiger partial charge in [-0.3, -0.25) is 19.3 Å². The molecule has 10 nitrogen and oxygen atoms in total. The summed E-state index contributed by atoms with van der Waals surface area (Å²) in [5.74, 6) is -2.63. The lowest BCUT2D eigenvalue weighted by Gasteiger charge is -2.13. The smallest absolute Gasteiger partial charge is 0.339 e. The van der Waals surface area contributed by atoms with Crippen molar-refractivity contribution < 1.29 is 38.2 Å². The standard InChI is InChI=1S/C27H20Cl2N2O8S/c1-2-9-38-26(36)18-11-15(4-7-20(18)29)30-23(32)13-31-24(33)22(40-27(31)37)12-16-5-8-21(39-16)14-3-6-19(28)17(10-14)25(34)35/h3-8,10-12H,2,9,13H2,1H3,(H,30,32)(H,34,35)/b22-12+. The van der Waals surface area contributed by atoms with Gasteiger partial charge in [0.15, 0.2) is 0 Å². The molecule has 1 aliphatic rings. The molecule has 2 heterocycles. The number of hydrogen-bond donors (Lipinski definition) is 2. The van der Waals surface area contributed by atoms with Crippen molar-refractivity contribution in [3.05, 3.63) is 80.4 Å². The molecule has 1 aliphatic heterocycles. The molecular formula is C27H20Cl2N2O8S. The van der Waals surface area contributed by atoms with Gasteiger partial charge in [0.25, 0.3) is 11.1 Å². The Balaban J connectivity index is 1.44. The highest BCUT2D eigenvalue weighted by molar-refractivity contribution is 8.18. The van der Waals surface area contributed by atoms with Crippen molar-refractivity contribution in [3.8, 4) is 11.3 Å². The molecule has 1 saturated heterocycles. The summed E-state index contributed by atoms with van der Waals surface area (Å²) in [6, 6.07) is 11.7. The van der Waals surface area contributed by atoms with Gasteiger partial charge in [0.05, 0.1) is 32.7 Å². The van der Waals surface area contributed by atoms with E-state index >= 15 is 0 Å². The minimum absolute atomic E-state index is 0.0356. The minimum Gasteiger partial charge on any atom is -0.478 e. The molecule has 0 unspecified atom stereocenters. The highest BCUT2D eigenvalue weighted by atomic mass is 35.5. The van der Waals surface area contributed by atoms with Crippen LogP contribution in [0, 0.1) is 0 Å². The summed E-state index contributed by atoms with van der Waals surface area (Å²) in [5.41, 5.74) is 0.660. The van der Waals surface area contributed by atoms with Crippen LogP contribution in [-0.4, -0.2) is 52.2 Å². The number of anilines is 1. The lowest BCUT2D eigenvalue weighted by Crippen LogP contribution is -2.36. The van der Waals surface area contributed by atoms with Gasteiger partial charge in [-0.05, 0) is 66.7 Å². The first kappa shape index (κ1) is 28.9. The van der Waals surface area contributed by atoms with Crippen LogP contribution in [0.1, 0.15) is 39.8 Å². The lowest BCUT2D eigenvalue weighted by molar-refractivity contribution is -0.127. The Morgan fingerprint density at radius 3 is 2.50 bits per heavy atom. The first-order valence-corrected chi connectivity index (χ1v) is 13.3. The number of furan rings is 1. The Morgan fingerprint density at radius 1 is 1.05 bits per heavy atom. The zero-order chi connectivity index (χ0) is 29.0. The van der Waals surface area contributed by atoms with Gasteiger partial charge in [-0.1, -0.05) is 30.1 Å². The van der Waals surface area contributed by atoms with Crippen LogP contribution < -0.4 is 5.32 Å². The zero-order valence-electron chi connectivity index (χ0n) is 20.7. The van der Waals surface area contributed by atoms with E-state index in [1.165, 1.54) is 36.4 Å². The molecule has 13 heteroatoms. The van der Waals surface area contributed by atoms with Crippen LogP contribution in [-0.2, 0) is 14.3 Å². The summed E-state index contributed by atoms with van der Waals surface area (Å²) in [6.45, 7) is 1.49. The maximum atomic E-state index is 12.9. The number of amides is 3. The number of benzene rings is 2. The maximum absolute atomic E-state index is 12.9. The number of ether oxygens (including phenoxy) is 1. The molecule has 0 radical (unpaired) electrons. The molecule has 3 aromatic rings. The Hall–Kier alpha value is -4.06. The highest BCUT2D eigenvalue weighted by Gasteiger charge is 2.36. The summed E-state index contributed by atoms with van der Waals surface area (Å²) < 4.78 is 10.8. The van der Waals surface area contributed by atoms with E-state index in [9.17, 15) is 29.1 Å². The number of nitrogens with zero attached hydrogens (tertiary/aromatic N) is 1. The van der Waals surface area contributed by atoms with E-state index in [0.29, 0.717) is 29.5 Å². The number of aromatic carboxylic acids is 1. The normalized spacial score (nSPS) is 14.1. The van der Waals surface area contributed by atoms with Crippen molar-refractivity contribution in [1.82, 2.24) is 4.90 Å². The van der Waals surface area contributed by atoms with Crippen molar-refractivity contribution in [2.75, 3.05) is 18.5 Å². The molecule has 206 valence electrons. The molecule has 3 amide bonds. The topological polar surface area (TPSA) is 143 Å². The number of rotatable bonds is 9. The average molecular weight is 603 g/mol. The highest BCUT2D eigenvalue weighted by Crippen LogP contribution is 2.34. The quantitative estimate of drug-likeness (QED) is 0.216. The van der Waals surface area contributed by atoms with Gasteiger partial charge in [0.1, 0.15) is 18.1 Å². The van der Waals surface area contributed by atoms with Crippen LogP contribution in [0.5, 0.6) is 0 Å². The van der Waals surface area contributed by atoms with Crippen LogP contribution in [0.2, 0.25) is 10.0 Å². The fourth-order valence-electron chi connectivity index (χ4n) is 3.57. The van der Waals surface area contributed by atoms with Crippen molar-refractivity contribution in [1.29, 1.82) is 0 Å². The first-order chi connectivity index (χ1) is 19.1. The SMILES string of the molecule is CCCOC(=O)c1cc(NC(=O)CN2C(=O)S/C(=C/c3ccc(-c4ccc(Cl)c(C(=O)O)c4)o3)C2=O)ccc1Cl. The Kier molecular flexibility index (Phi) is 8.98. The number of carbonyl (C=O) groups excluding carboxylic acids is 4. The predicted molar refractivity (Wildman–Crippen MR) is 149 cm³/mol. The fourth-order valence-corrected chi connectivity index (χ4v) is 4.78. The Morgan fingerprint density at radius 2 is 1.77 bits per heavy atom. The van der Waals surface area contributed by atoms with E-state index in [2.05, 4.69) is 5.32 Å². The van der Waals surface area contributed by atoms with Crippen molar-refractivity contribution in [2.24, 2.45) is 0 Å². The number of carboxylic acids is 1. The number of imide groups is 1. The molecule has 1 fully saturated rings. The second-order valence-corrected chi connectivity index (χ2v) is 10.2. The van der Waals surface area contributed by atoms with Crippen LogP contribution in [0.15, 0.2) is 57.9 Å². The molecule has 40 heavy (non-hydrogen) atoms. The van der Waals surface area contributed by atoms with E-state index in [1.807, 2.05) is 6.92 Å². The summed E-state index contributed by atoms with van der Waals surface area (Å²) in [6.07, 6.45) is 1.98. The van der Waals surface area contributed by atoms with Crippen LogP contribution >= 0.6 is 35.0 Å². The van der Waals surface area contributed by atoms with Crippen molar-refractivity contribution >= 4 is 75.7 Å². The Bertz CT molecular complexity index is 1570. The number of halogens is 2. The average Bonchev–Trinajstić information content (AvgIpc) is 3.48. The number of carbonyl (C=O) groups is 5. The van der Waals surface area contributed by atoms with Crippen molar-refractivity contribution in [2.45, 2.75) is 13.3 Å². The maximum Gasteiger partial charge on any atom is 0.339 e. The molecule has 0 saturated carbocycles. The third-order valence-corrected chi connectivity index (χ3v) is 7.03. The zero-order valence-corrected chi connectivity index (χ0v) is 23.1. The van der Waals surface area contributed by atoms with Gasteiger partial charge in [-0.15, -0.1) is 0 Å². The van der Waals surface area contributed by atoms with E-state index in [0.717, 1.165) is 4.90 Å². The molecule has 0 aliphatic carbocycles. The molecular weight excluding hydrogens is 583 g/mol. The number of nitrogens with one attached hydrogen (secondary N) is 1. The van der Waals surface area contributed by atoms with Crippen LogP contribution in [0.3, 0.4) is 0 Å². The lowest BCUT2D eigenvalue weighted by atomic mass is 10.1. The molecule has 4 rings (SSSR count). The summed E-state index contributed by atoms with van der Waals surface area (Å²) in [7, 11) is 0. The monoisotopic (exact) mass is 602 g/mol. The summed E-state index contributed by atoms with van der Waals surface area (Å²) in [4.78, 5) is 62.3. The second-order valence-electron chi connectivity index (χ2n) is 8.35. The molecule has 1 aromatic heterocycles. The van der Waals surface area contributed by atoms with Gasteiger partial charge < -0.3 is 19.6 Å². The third kappa shape index (κ3) is 6.56. The second kappa shape index (κ2) is 12.4. The van der Waals surface area contributed by atoms with Crippen LogP contribution in [0.4, 0.5) is 10.5 Å². The van der Waals surface area contributed by atoms with Gasteiger partial charge >= 0.3 is 11.9 Å². The number of thioether (sulfide) groups is 1. The van der Waals surface area contributed by atoms with Gasteiger partial charge in [0, 0.05) is 17.3 Å². The predicted octanol–water partition coefficient (Wildman–Crippen LogP) is 6.19. The molecule has 0 atom stereocenters. The summed E-state index contributed by atoms with van der Waals surface area (Å²) >= 11 is 12.6. The minimum atomic E-state index is -1.19. The first-order valence-electron chi connectivity index (χ1n) is 11.7. The fraction of sp³-hybridized carbons (Fsp3) is 0.148. The van der Waals surface area contributed by atoms with Gasteiger partial charge in [-0.25, -0.2) is 9.59 Å². The van der Waals surface area contributed by atoms with E-state index in [4.69, 9.17) is 32.4 Å². The Labute approximate surface area is 241 Å². The molecule has 0 bridgehead atoms. The van der Waals surface area contributed by atoms with Gasteiger partial charge in [0.2, 0.25) is 5.91 Å². The largest absolute Gasteiger partial charge is 0.478 e. The molecule has 2 aromatic carbocycles. The van der Waals surface area contributed by atoms with Crippen molar-refractivity contribution in [3.63, 3.8) is 0 Å². The number of carboxylic acid groups (broad SMARTS) is 1. The number of hydrogen-bond acceptors (Lipinski definition) is 8. The number of esters is 1. The third-order valence-electron chi connectivity index (χ3n) is 5.46. The van der Waals surface area contributed by atoms with Gasteiger partial charge in [-0.2, -0.15) is 0 Å². The molecule has 0 spiro atoms. The van der Waals surface area contributed by atoms with E-state index in [-0.39, 0.29) is 44.1 Å². The summed E-state index contributed by atoms with van der Waals surface area (Å²) in [5, 5.41) is 11.4. The molecule has 2 N–H and O–H groups in total. The van der Waals surface area contributed by atoms with E-state index in [1.54, 1.807) is 18.2 Å².